The van der Waals surface area contributed by atoms with Gasteiger partial charge in [-0.2, -0.15) is 0 Å². The van der Waals surface area contributed by atoms with Gasteiger partial charge in [-0.25, -0.2) is 0 Å². The molecule has 0 heterocycles. The number of carbonyl (C=O) groups is 2. The summed E-state index contributed by atoms with van der Waals surface area (Å²) in [5.41, 5.74) is -1.02. The molecule has 0 saturated heterocycles. The molecule has 5 nitrogen and oxygen atoms in total. The highest BCUT2D eigenvalue weighted by Gasteiger charge is 2.46. The molecule has 0 aliphatic carbocycles. The van der Waals surface area contributed by atoms with Crippen molar-refractivity contribution in [2.24, 2.45) is 0 Å². The smallest absolute Gasteiger partial charge is 0.327 e. The van der Waals surface area contributed by atoms with Crippen molar-refractivity contribution in [3.63, 3.8) is 0 Å². The SMILES string of the molecule is CCOC(=O)C(C)(C(=O)OCC)c1cccc(OC)c1. The van der Waals surface area contributed by atoms with Gasteiger partial charge in [0, 0.05) is 0 Å². The normalized spacial score (nSPS) is 10.8. The Hall–Kier alpha value is -2.04. The van der Waals surface area contributed by atoms with Gasteiger partial charge in [0.2, 0.25) is 0 Å². The summed E-state index contributed by atoms with van der Waals surface area (Å²) in [4.78, 5) is 24.4. The highest BCUT2D eigenvalue weighted by molar-refractivity contribution is 6.05. The number of ether oxygens (including phenoxy) is 3. The van der Waals surface area contributed by atoms with Crippen LogP contribution in [0.2, 0.25) is 0 Å². The Morgan fingerprint density at radius 2 is 1.65 bits per heavy atom. The largest absolute Gasteiger partial charge is 0.497 e. The second-order valence-corrected chi connectivity index (χ2v) is 4.30. The van der Waals surface area contributed by atoms with Crippen LogP contribution in [-0.2, 0) is 24.5 Å². The standard InChI is InChI=1S/C15H20O5/c1-5-19-13(16)15(3,14(17)20-6-2)11-8-7-9-12(10-11)18-4/h7-10H,5-6H2,1-4H3. The maximum absolute atomic E-state index is 12.2. The van der Waals surface area contributed by atoms with Crippen LogP contribution in [0.25, 0.3) is 0 Å². The summed E-state index contributed by atoms with van der Waals surface area (Å²) in [6, 6.07) is 6.76. The van der Waals surface area contributed by atoms with E-state index >= 15 is 0 Å². The summed E-state index contributed by atoms with van der Waals surface area (Å²) in [7, 11) is 1.52. The zero-order chi connectivity index (χ0) is 15.2. The fourth-order valence-electron chi connectivity index (χ4n) is 1.80. The fourth-order valence-corrected chi connectivity index (χ4v) is 1.80. The van der Waals surface area contributed by atoms with Crippen LogP contribution in [0, 0.1) is 0 Å². The van der Waals surface area contributed by atoms with Gasteiger partial charge >= 0.3 is 11.9 Å². The van der Waals surface area contributed by atoms with Gasteiger partial charge in [0.15, 0.2) is 5.41 Å². The highest BCUT2D eigenvalue weighted by atomic mass is 16.6. The maximum Gasteiger partial charge on any atom is 0.327 e. The summed E-state index contributed by atoms with van der Waals surface area (Å²) < 4.78 is 15.2. The number of benzene rings is 1. The number of carbonyl (C=O) groups excluding carboxylic acids is 2. The van der Waals surface area contributed by atoms with E-state index in [1.807, 2.05) is 0 Å². The molecule has 0 aromatic heterocycles. The minimum atomic E-state index is -1.50. The molecule has 0 amide bonds. The quantitative estimate of drug-likeness (QED) is 0.589. The number of rotatable bonds is 6. The predicted molar refractivity (Wildman–Crippen MR) is 73.6 cm³/mol. The molecule has 0 atom stereocenters. The van der Waals surface area contributed by atoms with Crippen molar-refractivity contribution in [2.45, 2.75) is 26.2 Å². The topological polar surface area (TPSA) is 61.8 Å². The fraction of sp³-hybridized carbons (Fsp3) is 0.467. The number of hydrogen-bond acceptors (Lipinski definition) is 5. The van der Waals surface area contributed by atoms with Crippen LogP contribution < -0.4 is 4.74 Å². The molecule has 1 aromatic rings. The molecule has 1 rings (SSSR count). The van der Waals surface area contributed by atoms with E-state index in [1.165, 1.54) is 14.0 Å². The Morgan fingerprint density at radius 3 is 2.10 bits per heavy atom. The summed E-state index contributed by atoms with van der Waals surface area (Å²) >= 11 is 0. The molecule has 5 heteroatoms. The molecule has 0 bridgehead atoms. The van der Waals surface area contributed by atoms with E-state index in [1.54, 1.807) is 38.1 Å². The summed E-state index contributed by atoms with van der Waals surface area (Å²) in [5.74, 6) is -0.708. The van der Waals surface area contributed by atoms with Gasteiger partial charge in [0.25, 0.3) is 0 Å². The van der Waals surface area contributed by atoms with Crippen LogP contribution in [0.3, 0.4) is 0 Å². The van der Waals surface area contributed by atoms with Gasteiger partial charge in [-0.15, -0.1) is 0 Å². The zero-order valence-electron chi connectivity index (χ0n) is 12.3. The van der Waals surface area contributed by atoms with Crippen molar-refractivity contribution in [1.29, 1.82) is 0 Å². The Labute approximate surface area is 118 Å². The number of esters is 2. The molecule has 1 aromatic carbocycles. The van der Waals surface area contributed by atoms with Gasteiger partial charge in [-0.3, -0.25) is 9.59 Å². The Kier molecular flexibility index (Phi) is 5.55. The van der Waals surface area contributed by atoms with Gasteiger partial charge in [0.1, 0.15) is 5.75 Å². The zero-order valence-corrected chi connectivity index (χ0v) is 12.3. The second kappa shape index (κ2) is 6.93. The van der Waals surface area contributed by atoms with Crippen LogP contribution in [0.15, 0.2) is 24.3 Å². The predicted octanol–water partition coefficient (Wildman–Crippen LogP) is 2.08. The molecule has 0 saturated carbocycles. The molecule has 0 radical (unpaired) electrons. The lowest BCUT2D eigenvalue weighted by Crippen LogP contribution is -2.43. The van der Waals surface area contributed by atoms with E-state index < -0.39 is 17.4 Å². The molecule has 0 aliphatic heterocycles. The van der Waals surface area contributed by atoms with Crippen LogP contribution in [0.4, 0.5) is 0 Å². The Morgan fingerprint density at radius 1 is 1.10 bits per heavy atom. The van der Waals surface area contributed by atoms with E-state index in [0.717, 1.165) is 0 Å². The molecule has 0 N–H and O–H groups in total. The van der Waals surface area contributed by atoms with Crippen LogP contribution in [-0.4, -0.2) is 32.3 Å². The Bertz CT molecular complexity index is 463. The highest BCUT2D eigenvalue weighted by Crippen LogP contribution is 2.30. The molecular weight excluding hydrogens is 260 g/mol. The molecule has 0 aliphatic rings. The van der Waals surface area contributed by atoms with E-state index in [2.05, 4.69) is 0 Å². The monoisotopic (exact) mass is 280 g/mol. The van der Waals surface area contributed by atoms with Crippen molar-refractivity contribution in [1.82, 2.24) is 0 Å². The summed E-state index contributed by atoms with van der Waals surface area (Å²) in [6.07, 6.45) is 0. The third kappa shape index (κ3) is 3.10. The first-order chi connectivity index (χ1) is 9.50. The Balaban J connectivity index is 3.28. The lowest BCUT2D eigenvalue weighted by Gasteiger charge is -2.25. The molecule has 110 valence electrons. The van der Waals surface area contributed by atoms with Gasteiger partial charge < -0.3 is 14.2 Å². The van der Waals surface area contributed by atoms with E-state index in [0.29, 0.717) is 11.3 Å². The van der Waals surface area contributed by atoms with Crippen LogP contribution >= 0.6 is 0 Å². The van der Waals surface area contributed by atoms with Crippen molar-refractivity contribution in [3.05, 3.63) is 29.8 Å². The van der Waals surface area contributed by atoms with Crippen molar-refractivity contribution in [2.75, 3.05) is 20.3 Å². The van der Waals surface area contributed by atoms with E-state index in [4.69, 9.17) is 14.2 Å². The molecule has 0 unspecified atom stereocenters. The van der Waals surface area contributed by atoms with Gasteiger partial charge in [0.05, 0.1) is 20.3 Å². The van der Waals surface area contributed by atoms with E-state index in [-0.39, 0.29) is 13.2 Å². The van der Waals surface area contributed by atoms with Crippen LogP contribution in [0.1, 0.15) is 26.3 Å². The molecule has 0 fully saturated rings. The second-order valence-electron chi connectivity index (χ2n) is 4.30. The first-order valence-corrected chi connectivity index (χ1v) is 6.49. The first kappa shape index (κ1) is 16.0. The molecule has 20 heavy (non-hydrogen) atoms. The maximum atomic E-state index is 12.2. The summed E-state index contributed by atoms with van der Waals surface area (Å²) in [6.45, 7) is 5.26. The molecule has 0 spiro atoms. The van der Waals surface area contributed by atoms with Crippen molar-refractivity contribution >= 4 is 11.9 Å². The third-order valence-corrected chi connectivity index (χ3v) is 3.01. The number of hydrogen-bond donors (Lipinski definition) is 0. The average Bonchev–Trinajstić information content (AvgIpc) is 2.46. The number of methoxy groups -OCH3 is 1. The minimum absolute atomic E-state index is 0.192. The lowest BCUT2D eigenvalue weighted by molar-refractivity contribution is -0.163. The first-order valence-electron chi connectivity index (χ1n) is 6.49. The lowest BCUT2D eigenvalue weighted by atomic mass is 9.82. The average molecular weight is 280 g/mol. The summed E-state index contributed by atoms with van der Waals surface area (Å²) in [5, 5.41) is 0. The molecular formula is C15H20O5. The van der Waals surface area contributed by atoms with Crippen molar-refractivity contribution < 1.29 is 23.8 Å². The van der Waals surface area contributed by atoms with E-state index in [9.17, 15) is 9.59 Å². The third-order valence-electron chi connectivity index (χ3n) is 3.01. The van der Waals surface area contributed by atoms with Crippen LogP contribution in [0.5, 0.6) is 5.75 Å². The van der Waals surface area contributed by atoms with Gasteiger partial charge in [-0.1, -0.05) is 12.1 Å². The minimum Gasteiger partial charge on any atom is -0.497 e. The van der Waals surface area contributed by atoms with Crippen molar-refractivity contribution in [3.8, 4) is 5.75 Å². The van der Waals surface area contributed by atoms with Gasteiger partial charge in [-0.05, 0) is 38.5 Å².